The molecular formula is C7H13NO2S. The van der Waals surface area contributed by atoms with Gasteiger partial charge in [0, 0.05) is 26.0 Å². The number of carbonyl (C=O) groups is 1. The van der Waals surface area contributed by atoms with Gasteiger partial charge in [-0.2, -0.15) is 0 Å². The van der Waals surface area contributed by atoms with Gasteiger partial charge in [0.15, 0.2) is 5.78 Å². The van der Waals surface area contributed by atoms with E-state index in [0.29, 0.717) is 0 Å². The summed E-state index contributed by atoms with van der Waals surface area (Å²) in [6, 6.07) is 0. The van der Waals surface area contributed by atoms with Gasteiger partial charge in [-0.05, 0) is 0 Å². The molecule has 1 rings (SSSR count). The average molecular weight is 175 g/mol. The van der Waals surface area contributed by atoms with Gasteiger partial charge >= 0.3 is 0 Å². The lowest BCUT2D eigenvalue weighted by Gasteiger charge is -2.20. The molecule has 1 atom stereocenters. The van der Waals surface area contributed by atoms with Crippen molar-refractivity contribution in [2.24, 2.45) is 0 Å². The third kappa shape index (κ3) is 2.81. The Hall–Kier alpha value is -0.0600. The number of rotatable bonds is 3. The van der Waals surface area contributed by atoms with E-state index in [9.17, 15) is 4.79 Å². The van der Waals surface area contributed by atoms with Crippen molar-refractivity contribution < 1.29 is 9.53 Å². The summed E-state index contributed by atoms with van der Waals surface area (Å²) in [7, 11) is 1.55. The van der Waals surface area contributed by atoms with Gasteiger partial charge in [0.2, 0.25) is 0 Å². The molecule has 0 radical (unpaired) electrons. The molecule has 1 fully saturated rings. The first-order chi connectivity index (χ1) is 5.34. The highest BCUT2D eigenvalue weighted by atomic mass is 32.2. The summed E-state index contributed by atoms with van der Waals surface area (Å²) in [5, 5.41) is 3.29. The van der Waals surface area contributed by atoms with E-state index >= 15 is 0 Å². The third-order valence-corrected chi connectivity index (χ3v) is 2.85. The molecule has 0 aromatic heterocycles. The third-order valence-electron chi connectivity index (χ3n) is 1.57. The number of hydrogen-bond acceptors (Lipinski definition) is 4. The zero-order valence-corrected chi connectivity index (χ0v) is 7.45. The van der Waals surface area contributed by atoms with Crippen molar-refractivity contribution in [3.63, 3.8) is 0 Å². The number of carbonyl (C=O) groups excluding carboxylic acids is 1. The van der Waals surface area contributed by atoms with Crippen LogP contribution in [0.5, 0.6) is 0 Å². The van der Waals surface area contributed by atoms with Gasteiger partial charge < -0.3 is 10.1 Å². The minimum absolute atomic E-state index is 0.115. The van der Waals surface area contributed by atoms with Crippen LogP contribution in [0.3, 0.4) is 0 Å². The van der Waals surface area contributed by atoms with Crippen LogP contribution in [0.1, 0.15) is 0 Å². The smallest absolute Gasteiger partial charge is 0.172 e. The Kier molecular flexibility index (Phi) is 3.90. The zero-order valence-electron chi connectivity index (χ0n) is 6.63. The van der Waals surface area contributed by atoms with Crippen molar-refractivity contribution in [3.8, 4) is 0 Å². The first kappa shape index (κ1) is 9.03. The molecule has 4 heteroatoms. The van der Waals surface area contributed by atoms with Crippen LogP contribution in [0, 0.1) is 0 Å². The minimum Gasteiger partial charge on any atom is -0.377 e. The molecule has 1 aliphatic heterocycles. The predicted octanol–water partition coefficient (Wildman–Crippen LogP) is -0.0931. The maximum absolute atomic E-state index is 11.2. The molecule has 0 aromatic rings. The molecule has 0 aromatic carbocycles. The van der Waals surface area contributed by atoms with Crippen molar-refractivity contribution >= 4 is 17.5 Å². The molecule has 0 amide bonds. The summed E-state index contributed by atoms with van der Waals surface area (Å²) >= 11 is 1.72. The topological polar surface area (TPSA) is 38.3 Å². The van der Waals surface area contributed by atoms with E-state index in [1.54, 1.807) is 18.9 Å². The zero-order chi connectivity index (χ0) is 8.10. The second-order valence-corrected chi connectivity index (χ2v) is 3.77. The summed E-state index contributed by atoms with van der Waals surface area (Å²) in [5.41, 5.74) is 0. The Morgan fingerprint density at radius 2 is 2.64 bits per heavy atom. The molecule has 64 valence electrons. The number of ether oxygens (including phenoxy) is 1. The Bertz CT molecular complexity index is 134. The Morgan fingerprint density at radius 1 is 1.82 bits per heavy atom. The standard InChI is InChI=1S/C7H13NO2S/c1-10-5-6(9)7-4-8-2-3-11-7/h7-8H,2-5H2,1H3. The van der Waals surface area contributed by atoms with Gasteiger partial charge in [0.1, 0.15) is 6.61 Å². The maximum Gasteiger partial charge on any atom is 0.172 e. The van der Waals surface area contributed by atoms with Gasteiger partial charge in [0.25, 0.3) is 0 Å². The fourth-order valence-corrected chi connectivity index (χ4v) is 2.04. The van der Waals surface area contributed by atoms with Crippen molar-refractivity contribution in [1.29, 1.82) is 0 Å². The molecule has 1 N–H and O–H groups in total. The number of hydrogen-bond donors (Lipinski definition) is 1. The molecule has 3 nitrogen and oxygen atoms in total. The fourth-order valence-electron chi connectivity index (χ4n) is 1.01. The molecule has 0 bridgehead atoms. The lowest BCUT2D eigenvalue weighted by atomic mass is 10.3. The number of Topliss-reactive ketones (excluding diaryl/α,β-unsaturated/α-hetero) is 1. The minimum atomic E-state index is 0.115. The summed E-state index contributed by atoms with van der Waals surface area (Å²) in [6.07, 6.45) is 0. The van der Waals surface area contributed by atoms with E-state index < -0.39 is 0 Å². The maximum atomic E-state index is 11.2. The van der Waals surface area contributed by atoms with Crippen LogP contribution in [0.25, 0.3) is 0 Å². The SMILES string of the molecule is COCC(=O)C1CNCCS1. The summed E-state index contributed by atoms with van der Waals surface area (Å²) in [5.74, 6) is 1.23. The van der Waals surface area contributed by atoms with E-state index in [1.165, 1.54) is 0 Å². The van der Waals surface area contributed by atoms with Gasteiger partial charge in [-0.15, -0.1) is 11.8 Å². The average Bonchev–Trinajstić information content (AvgIpc) is 2.07. The number of thioether (sulfide) groups is 1. The highest BCUT2D eigenvalue weighted by Crippen LogP contribution is 2.13. The van der Waals surface area contributed by atoms with E-state index in [0.717, 1.165) is 18.8 Å². The van der Waals surface area contributed by atoms with E-state index in [2.05, 4.69) is 5.32 Å². The number of nitrogens with one attached hydrogen (secondary N) is 1. The number of methoxy groups -OCH3 is 1. The molecular weight excluding hydrogens is 162 g/mol. The molecule has 0 spiro atoms. The highest BCUT2D eigenvalue weighted by Gasteiger charge is 2.20. The van der Waals surface area contributed by atoms with Crippen LogP contribution in [0.2, 0.25) is 0 Å². The molecule has 11 heavy (non-hydrogen) atoms. The van der Waals surface area contributed by atoms with Crippen LogP contribution >= 0.6 is 11.8 Å². The van der Waals surface area contributed by atoms with E-state index in [1.807, 2.05) is 0 Å². The van der Waals surface area contributed by atoms with Crippen molar-refractivity contribution in [1.82, 2.24) is 5.32 Å². The monoisotopic (exact) mass is 175 g/mol. The summed E-state index contributed by atoms with van der Waals surface area (Å²) < 4.78 is 4.77. The fraction of sp³-hybridized carbons (Fsp3) is 0.857. The van der Waals surface area contributed by atoms with Crippen molar-refractivity contribution in [2.75, 3.05) is 32.6 Å². The van der Waals surface area contributed by atoms with Gasteiger partial charge in [-0.3, -0.25) is 4.79 Å². The predicted molar refractivity (Wildman–Crippen MR) is 46.0 cm³/mol. The number of ketones is 1. The lowest BCUT2D eigenvalue weighted by Crippen LogP contribution is -2.38. The van der Waals surface area contributed by atoms with E-state index in [-0.39, 0.29) is 17.6 Å². The Morgan fingerprint density at radius 3 is 3.18 bits per heavy atom. The van der Waals surface area contributed by atoms with Crippen LogP contribution in [-0.4, -0.2) is 43.6 Å². The molecule has 1 unspecified atom stereocenters. The van der Waals surface area contributed by atoms with Crippen molar-refractivity contribution in [2.45, 2.75) is 5.25 Å². The Labute approximate surface area is 70.9 Å². The van der Waals surface area contributed by atoms with E-state index in [4.69, 9.17) is 4.74 Å². The molecule has 0 saturated carbocycles. The molecule has 1 aliphatic rings. The largest absolute Gasteiger partial charge is 0.377 e. The first-order valence-corrected chi connectivity index (χ1v) is 4.73. The normalized spacial score (nSPS) is 25.0. The first-order valence-electron chi connectivity index (χ1n) is 3.68. The molecule has 1 saturated heterocycles. The Balaban J connectivity index is 2.27. The van der Waals surface area contributed by atoms with Crippen LogP contribution < -0.4 is 5.32 Å². The molecule has 1 heterocycles. The van der Waals surface area contributed by atoms with Gasteiger partial charge in [-0.25, -0.2) is 0 Å². The highest BCUT2D eigenvalue weighted by molar-refractivity contribution is 8.00. The van der Waals surface area contributed by atoms with Crippen molar-refractivity contribution in [3.05, 3.63) is 0 Å². The lowest BCUT2D eigenvalue weighted by molar-refractivity contribution is -0.122. The second kappa shape index (κ2) is 4.74. The second-order valence-electron chi connectivity index (χ2n) is 2.46. The quantitative estimate of drug-likeness (QED) is 0.650. The van der Waals surface area contributed by atoms with Gasteiger partial charge in [-0.1, -0.05) is 0 Å². The van der Waals surface area contributed by atoms with Gasteiger partial charge in [0.05, 0.1) is 5.25 Å². The summed E-state index contributed by atoms with van der Waals surface area (Å²) in [4.78, 5) is 11.2. The molecule has 0 aliphatic carbocycles. The summed E-state index contributed by atoms with van der Waals surface area (Å²) in [6.45, 7) is 2.06. The van der Waals surface area contributed by atoms with Crippen LogP contribution in [0.15, 0.2) is 0 Å². The van der Waals surface area contributed by atoms with Crippen LogP contribution in [-0.2, 0) is 9.53 Å². The van der Waals surface area contributed by atoms with Crippen LogP contribution in [0.4, 0.5) is 0 Å².